The van der Waals surface area contributed by atoms with Crippen molar-refractivity contribution in [3.8, 4) is 0 Å². The smallest absolute Gasteiger partial charge is 0.248 e. The van der Waals surface area contributed by atoms with Crippen LogP contribution in [0.4, 0.5) is 5.69 Å². The predicted octanol–water partition coefficient (Wildman–Crippen LogP) is 2.15. The molecule has 0 aliphatic heterocycles. The molecule has 0 aliphatic carbocycles. The Bertz CT molecular complexity index is 720. The van der Waals surface area contributed by atoms with Crippen LogP contribution in [0.15, 0.2) is 54.4 Å². The highest BCUT2D eigenvalue weighted by Crippen LogP contribution is 2.10. The van der Waals surface area contributed by atoms with E-state index in [1.807, 2.05) is 25.1 Å². The summed E-state index contributed by atoms with van der Waals surface area (Å²) < 4.78 is 1.47. The maximum atomic E-state index is 12.0. The van der Waals surface area contributed by atoms with Crippen molar-refractivity contribution in [3.05, 3.63) is 59.9 Å². The van der Waals surface area contributed by atoms with Crippen LogP contribution in [0.2, 0.25) is 0 Å². The van der Waals surface area contributed by atoms with Gasteiger partial charge in [0.05, 0.1) is 11.9 Å². The van der Waals surface area contributed by atoms with E-state index in [2.05, 4.69) is 27.9 Å². The molecule has 0 spiro atoms. The molecule has 0 saturated carbocycles. The molecule has 0 bridgehead atoms. The van der Waals surface area contributed by atoms with Gasteiger partial charge in [0.1, 0.15) is 6.54 Å². The number of nitrogens with zero attached hydrogens (tertiary/aromatic N) is 2. The number of rotatable bonds is 7. The lowest BCUT2D eigenvalue weighted by Crippen LogP contribution is -2.23. The number of carbonyl (C=O) groups is 2. The summed E-state index contributed by atoms with van der Waals surface area (Å²) in [5.41, 5.74) is 2.83. The van der Waals surface area contributed by atoms with Crippen molar-refractivity contribution in [2.75, 3.05) is 12.4 Å². The van der Waals surface area contributed by atoms with Crippen LogP contribution in [-0.4, -0.2) is 28.6 Å². The van der Waals surface area contributed by atoms with Gasteiger partial charge in [-0.3, -0.25) is 14.3 Å². The highest BCUT2D eigenvalue weighted by atomic mass is 16.2. The molecule has 24 heavy (non-hydrogen) atoms. The van der Waals surface area contributed by atoms with Gasteiger partial charge < -0.3 is 10.6 Å². The third-order valence-electron chi connectivity index (χ3n) is 3.51. The lowest BCUT2D eigenvalue weighted by atomic mass is 10.1. The molecule has 2 aromatic rings. The molecule has 0 fully saturated rings. The summed E-state index contributed by atoms with van der Waals surface area (Å²) in [6.45, 7) is 2.07. The fourth-order valence-corrected chi connectivity index (χ4v) is 2.20. The fraction of sp³-hybridized carbons (Fsp3) is 0.278. The first-order chi connectivity index (χ1) is 11.6. The molecule has 0 aliphatic rings. The number of carbonyl (C=O) groups excluding carboxylic acids is 2. The molecule has 1 aromatic heterocycles. The Morgan fingerprint density at radius 1 is 1.25 bits per heavy atom. The van der Waals surface area contributed by atoms with Crippen LogP contribution in [-0.2, 0) is 22.6 Å². The molecule has 0 saturated heterocycles. The Balaban J connectivity index is 1.84. The van der Waals surface area contributed by atoms with Gasteiger partial charge in [0.25, 0.3) is 0 Å². The molecule has 0 atom stereocenters. The van der Waals surface area contributed by atoms with E-state index >= 15 is 0 Å². The van der Waals surface area contributed by atoms with Crippen LogP contribution >= 0.6 is 0 Å². The monoisotopic (exact) mass is 326 g/mol. The van der Waals surface area contributed by atoms with Crippen molar-refractivity contribution >= 4 is 17.5 Å². The fourth-order valence-electron chi connectivity index (χ4n) is 2.20. The Hall–Kier alpha value is -2.89. The minimum atomic E-state index is -0.194. The summed E-state index contributed by atoms with van der Waals surface area (Å²) >= 11 is 0. The van der Waals surface area contributed by atoms with Gasteiger partial charge in [-0.1, -0.05) is 35.9 Å². The second-order valence-electron chi connectivity index (χ2n) is 5.57. The first-order valence-electron chi connectivity index (χ1n) is 7.82. The predicted molar refractivity (Wildman–Crippen MR) is 93.4 cm³/mol. The maximum Gasteiger partial charge on any atom is 0.248 e. The molecular weight excluding hydrogens is 304 g/mol. The number of allylic oxidation sites excluding steroid dienone is 1. The van der Waals surface area contributed by atoms with Crippen LogP contribution < -0.4 is 10.6 Å². The van der Waals surface area contributed by atoms with Crippen molar-refractivity contribution in [1.29, 1.82) is 0 Å². The average molecular weight is 326 g/mol. The van der Waals surface area contributed by atoms with Gasteiger partial charge in [-0.25, -0.2) is 0 Å². The van der Waals surface area contributed by atoms with Gasteiger partial charge in [0.15, 0.2) is 0 Å². The van der Waals surface area contributed by atoms with Crippen molar-refractivity contribution in [2.24, 2.45) is 0 Å². The van der Waals surface area contributed by atoms with Gasteiger partial charge >= 0.3 is 0 Å². The lowest BCUT2D eigenvalue weighted by molar-refractivity contribution is -0.121. The Labute approximate surface area is 141 Å². The standard InChI is InChI=1S/C18H22N4O2/c1-14(8-9-15-6-4-3-5-7-15)10-17(23)21-16-11-20-22(12-16)13-18(24)19-2/h3-7,10-12H,8-9,13H2,1-2H3,(H,19,24)(H,21,23). The number of anilines is 1. The number of benzene rings is 1. The van der Waals surface area contributed by atoms with E-state index in [1.54, 1.807) is 19.3 Å². The van der Waals surface area contributed by atoms with Crippen molar-refractivity contribution in [3.63, 3.8) is 0 Å². The van der Waals surface area contributed by atoms with E-state index in [9.17, 15) is 9.59 Å². The molecule has 126 valence electrons. The molecule has 1 aromatic carbocycles. The zero-order valence-electron chi connectivity index (χ0n) is 14.0. The maximum absolute atomic E-state index is 12.0. The topological polar surface area (TPSA) is 76.0 Å². The summed E-state index contributed by atoms with van der Waals surface area (Å²) in [5, 5.41) is 9.31. The summed E-state index contributed by atoms with van der Waals surface area (Å²) in [6.07, 6.45) is 6.47. The molecule has 0 unspecified atom stereocenters. The second kappa shape index (κ2) is 8.67. The number of aromatic nitrogens is 2. The van der Waals surface area contributed by atoms with Gasteiger partial charge in [0.2, 0.25) is 11.8 Å². The molecule has 1 heterocycles. The summed E-state index contributed by atoms with van der Waals surface area (Å²) in [7, 11) is 1.57. The molecular formula is C18H22N4O2. The number of aryl methyl sites for hydroxylation is 1. The third kappa shape index (κ3) is 5.72. The average Bonchev–Trinajstić information content (AvgIpc) is 3.00. The van der Waals surface area contributed by atoms with Crippen LogP contribution in [0.25, 0.3) is 0 Å². The van der Waals surface area contributed by atoms with E-state index in [4.69, 9.17) is 0 Å². The number of hydrogen-bond acceptors (Lipinski definition) is 3. The Morgan fingerprint density at radius 2 is 2.00 bits per heavy atom. The lowest BCUT2D eigenvalue weighted by Gasteiger charge is -2.03. The van der Waals surface area contributed by atoms with E-state index in [-0.39, 0.29) is 18.4 Å². The molecule has 6 nitrogen and oxygen atoms in total. The van der Waals surface area contributed by atoms with E-state index in [0.717, 1.165) is 18.4 Å². The van der Waals surface area contributed by atoms with Crippen molar-refractivity contribution < 1.29 is 9.59 Å². The number of nitrogens with one attached hydrogen (secondary N) is 2. The first-order valence-corrected chi connectivity index (χ1v) is 7.82. The van der Waals surface area contributed by atoms with Gasteiger partial charge in [-0.2, -0.15) is 5.10 Å². The van der Waals surface area contributed by atoms with E-state index < -0.39 is 0 Å². The van der Waals surface area contributed by atoms with Crippen molar-refractivity contribution in [1.82, 2.24) is 15.1 Å². The molecule has 0 radical (unpaired) electrons. The summed E-state index contributed by atoms with van der Waals surface area (Å²) in [5.74, 6) is -0.340. The normalized spacial score (nSPS) is 11.2. The summed E-state index contributed by atoms with van der Waals surface area (Å²) in [6, 6.07) is 10.2. The van der Waals surface area contributed by atoms with Crippen LogP contribution in [0.3, 0.4) is 0 Å². The van der Waals surface area contributed by atoms with E-state index in [0.29, 0.717) is 5.69 Å². The number of hydrogen-bond donors (Lipinski definition) is 2. The number of amides is 2. The van der Waals surface area contributed by atoms with Gasteiger partial charge in [-0.05, 0) is 25.3 Å². The van der Waals surface area contributed by atoms with Gasteiger partial charge in [0, 0.05) is 19.3 Å². The minimum Gasteiger partial charge on any atom is -0.358 e. The first kappa shape index (κ1) is 17.5. The van der Waals surface area contributed by atoms with Crippen molar-refractivity contribution in [2.45, 2.75) is 26.3 Å². The third-order valence-corrected chi connectivity index (χ3v) is 3.51. The molecule has 2 amide bonds. The molecule has 2 rings (SSSR count). The van der Waals surface area contributed by atoms with Gasteiger partial charge in [-0.15, -0.1) is 0 Å². The minimum absolute atomic E-state index is 0.123. The van der Waals surface area contributed by atoms with Crippen LogP contribution in [0.5, 0.6) is 0 Å². The molecule has 2 N–H and O–H groups in total. The SMILES string of the molecule is CNC(=O)Cn1cc(NC(=O)C=C(C)CCc2ccccc2)cn1. The quantitative estimate of drug-likeness (QED) is 0.766. The van der Waals surface area contributed by atoms with Crippen LogP contribution in [0, 0.1) is 0 Å². The van der Waals surface area contributed by atoms with Crippen LogP contribution in [0.1, 0.15) is 18.9 Å². The Kier molecular flexibility index (Phi) is 6.31. The highest BCUT2D eigenvalue weighted by molar-refractivity contribution is 5.99. The highest BCUT2D eigenvalue weighted by Gasteiger charge is 2.05. The zero-order valence-corrected chi connectivity index (χ0v) is 14.0. The number of likely N-dealkylation sites (N-methyl/N-ethyl adjacent to an activating group) is 1. The Morgan fingerprint density at radius 3 is 2.71 bits per heavy atom. The van der Waals surface area contributed by atoms with E-state index in [1.165, 1.54) is 16.4 Å². The largest absolute Gasteiger partial charge is 0.358 e. The second-order valence-corrected chi connectivity index (χ2v) is 5.57. The summed E-state index contributed by atoms with van der Waals surface area (Å²) in [4.78, 5) is 23.3. The molecule has 6 heteroatoms. The zero-order chi connectivity index (χ0) is 17.4.